The van der Waals surface area contributed by atoms with Crippen LogP contribution in [0.25, 0.3) is 0 Å². The van der Waals surface area contributed by atoms with E-state index in [0.29, 0.717) is 12.3 Å². The molecule has 1 atom stereocenters. The average molecular weight is 279 g/mol. The van der Waals surface area contributed by atoms with Gasteiger partial charge in [-0.3, -0.25) is 4.79 Å². The monoisotopic (exact) mass is 279 g/mol. The highest BCUT2D eigenvalue weighted by Gasteiger charge is 2.33. The van der Waals surface area contributed by atoms with Crippen molar-refractivity contribution in [2.24, 2.45) is 0 Å². The Morgan fingerprint density at radius 1 is 1.44 bits per heavy atom. The highest BCUT2D eigenvalue weighted by Crippen LogP contribution is 2.40. The van der Waals surface area contributed by atoms with Crippen LogP contribution in [-0.2, 0) is 11.3 Å². The van der Waals surface area contributed by atoms with Crippen molar-refractivity contribution in [1.82, 2.24) is 4.90 Å². The van der Waals surface area contributed by atoms with E-state index in [2.05, 4.69) is 11.4 Å². The number of hydrogen-bond donors (Lipinski definition) is 0. The first kappa shape index (κ1) is 11.9. The van der Waals surface area contributed by atoms with Crippen molar-refractivity contribution in [1.29, 1.82) is 0 Å². The van der Waals surface area contributed by atoms with E-state index >= 15 is 0 Å². The largest absolute Gasteiger partial charge is 0.464 e. The van der Waals surface area contributed by atoms with E-state index in [-0.39, 0.29) is 11.3 Å². The predicted octanol–water partition coefficient (Wildman–Crippen LogP) is 3.42. The van der Waals surface area contributed by atoms with E-state index in [0.717, 1.165) is 11.5 Å². The number of rotatable bonds is 3. The van der Waals surface area contributed by atoms with E-state index in [1.807, 2.05) is 29.3 Å². The molecule has 1 unspecified atom stereocenters. The molecule has 1 amide bonds. The van der Waals surface area contributed by atoms with Crippen molar-refractivity contribution in [2.45, 2.75) is 18.8 Å². The fourth-order valence-corrected chi connectivity index (χ4v) is 4.00. The quantitative estimate of drug-likeness (QED) is 0.863. The maximum Gasteiger partial charge on any atom is 0.234 e. The lowest BCUT2D eigenvalue weighted by Crippen LogP contribution is -2.27. The molecule has 0 aliphatic carbocycles. The minimum atomic E-state index is 0.133. The van der Waals surface area contributed by atoms with Gasteiger partial charge in [0.25, 0.3) is 0 Å². The lowest BCUT2D eigenvalue weighted by Gasteiger charge is -2.22. The van der Waals surface area contributed by atoms with Gasteiger partial charge in [0.1, 0.15) is 16.9 Å². The van der Waals surface area contributed by atoms with Crippen molar-refractivity contribution >= 4 is 29.0 Å². The van der Waals surface area contributed by atoms with Crippen LogP contribution in [0.5, 0.6) is 0 Å². The van der Waals surface area contributed by atoms with Crippen LogP contribution in [0.15, 0.2) is 33.4 Å². The molecule has 3 heterocycles. The second-order valence-corrected chi connectivity index (χ2v) is 6.10. The second kappa shape index (κ2) is 4.82. The van der Waals surface area contributed by atoms with Gasteiger partial charge < -0.3 is 9.32 Å². The molecule has 0 aromatic carbocycles. The van der Waals surface area contributed by atoms with Crippen LogP contribution in [0.4, 0.5) is 0 Å². The number of carbonyl (C=O) groups is 1. The summed E-state index contributed by atoms with van der Waals surface area (Å²) in [6, 6.07) is 5.96. The fraction of sp³-hybridized carbons (Fsp3) is 0.308. The summed E-state index contributed by atoms with van der Waals surface area (Å²) in [5.74, 6) is 2.48. The Bertz CT molecular complexity index is 547. The molecular weight excluding hydrogens is 266 g/mol. The van der Waals surface area contributed by atoms with Gasteiger partial charge in [0.15, 0.2) is 0 Å². The predicted molar refractivity (Wildman–Crippen MR) is 73.5 cm³/mol. The first-order valence-electron chi connectivity index (χ1n) is 5.72. The molecule has 1 fully saturated rings. The van der Waals surface area contributed by atoms with Gasteiger partial charge in [-0.1, -0.05) is 0 Å². The third-order valence-corrected chi connectivity index (χ3v) is 4.88. The molecule has 3 rings (SSSR count). The van der Waals surface area contributed by atoms with Crippen molar-refractivity contribution < 1.29 is 9.21 Å². The average Bonchev–Trinajstić information content (AvgIpc) is 3.03. The van der Waals surface area contributed by atoms with Gasteiger partial charge >= 0.3 is 0 Å². The normalized spacial score (nSPS) is 19.7. The van der Waals surface area contributed by atoms with Gasteiger partial charge in [-0.15, -0.1) is 11.8 Å². The van der Waals surface area contributed by atoms with Crippen molar-refractivity contribution in [3.63, 3.8) is 0 Å². The SMILES string of the molecule is Cc1ccc(CN2C(=O)CSC2c2ccsc2)o1. The van der Waals surface area contributed by atoms with Crippen LogP contribution in [0.2, 0.25) is 0 Å². The Morgan fingerprint density at radius 3 is 3.00 bits per heavy atom. The lowest BCUT2D eigenvalue weighted by atomic mass is 10.3. The smallest absolute Gasteiger partial charge is 0.234 e. The molecule has 5 heteroatoms. The number of thiophene rings is 1. The molecule has 0 bridgehead atoms. The van der Waals surface area contributed by atoms with E-state index in [4.69, 9.17) is 4.42 Å². The zero-order valence-corrected chi connectivity index (χ0v) is 11.6. The summed E-state index contributed by atoms with van der Waals surface area (Å²) < 4.78 is 5.56. The molecule has 94 valence electrons. The fourth-order valence-electron chi connectivity index (χ4n) is 2.05. The minimum Gasteiger partial charge on any atom is -0.464 e. The standard InChI is InChI=1S/C13H13NO2S2/c1-9-2-3-11(16-9)6-14-12(15)8-18-13(14)10-4-5-17-7-10/h2-5,7,13H,6,8H2,1H3. The van der Waals surface area contributed by atoms with E-state index in [1.165, 1.54) is 5.56 Å². The summed E-state index contributed by atoms with van der Waals surface area (Å²) in [7, 11) is 0. The molecule has 18 heavy (non-hydrogen) atoms. The molecule has 1 aliphatic rings. The summed E-state index contributed by atoms with van der Waals surface area (Å²) in [5, 5.41) is 4.29. The highest BCUT2D eigenvalue weighted by molar-refractivity contribution is 8.00. The van der Waals surface area contributed by atoms with Crippen LogP contribution in [0.3, 0.4) is 0 Å². The van der Waals surface area contributed by atoms with E-state index in [9.17, 15) is 4.79 Å². The van der Waals surface area contributed by atoms with Gasteiger partial charge in [0, 0.05) is 0 Å². The molecular formula is C13H13NO2S2. The number of aryl methyl sites for hydroxylation is 1. The number of amides is 1. The summed E-state index contributed by atoms with van der Waals surface area (Å²) in [5.41, 5.74) is 1.21. The van der Waals surface area contributed by atoms with Gasteiger partial charge in [0.2, 0.25) is 5.91 Å². The molecule has 0 spiro atoms. The van der Waals surface area contributed by atoms with E-state index in [1.54, 1.807) is 23.1 Å². The third-order valence-electron chi connectivity index (χ3n) is 2.92. The maximum absolute atomic E-state index is 12.0. The highest BCUT2D eigenvalue weighted by atomic mass is 32.2. The van der Waals surface area contributed by atoms with Crippen LogP contribution in [-0.4, -0.2) is 16.6 Å². The molecule has 2 aromatic rings. The van der Waals surface area contributed by atoms with Crippen LogP contribution in [0.1, 0.15) is 22.5 Å². The lowest BCUT2D eigenvalue weighted by molar-refractivity contribution is -0.128. The van der Waals surface area contributed by atoms with Crippen molar-refractivity contribution in [2.75, 3.05) is 5.75 Å². The Morgan fingerprint density at radius 2 is 2.33 bits per heavy atom. The van der Waals surface area contributed by atoms with Gasteiger partial charge in [0.05, 0.1) is 12.3 Å². The molecule has 1 saturated heterocycles. The Hall–Kier alpha value is -1.20. The Labute approximate surface area is 114 Å². The molecule has 3 nitrogen and oxygen atoms in total. The number of thioether (sulfide) groups is 1. The Balaban J connectivity index is 1.81. The van der Waals surface area contributed by atoms with Crippen LogP contribution >= 0.6 is 23.1 Å². The summed E-state index contributed by atoms with van der Waals surface area (Å²) in [4.78, 5) is 13.9. The second-order valence-electron chi connectivity index (χ2n) is 4.25. The maximum atomic E-state index is 12.0. The molecule has 0 radical (unpaired) electrons. The molecule has 0 saturated carbocycles. The van der Waals surface area contributed by atoms with E-state index < -0.39 is 0 Å². The number of nitrogens with zero attached hydrogens (tertiary/aromatic N) is 1. The van der Waals surface area contributed by atoms with Crippen LogP contribution < -0.4 is 0 Å². The first-order valence-corrected chi connectivity index (χ1v) is 7.71. The van der Waals surface area contributed by atoms with Gasteiger partial charge in [-0.25, -0.2) is 0 Å². The zero-order valence-electron chi connectivity index (χ0n) is 9.96. The molecule has 0 N–H and O–H groups in total. The first-order chi connectivity index (χ1) is 8.74. The number of hydrogen-bond acceptors (Lipinski definition) is 4. The summed E-state index contributed by atoms with van der Waals surface area (Å²) in [6.45, 7) is 2.47. The Kier molecular flexibility index (Phi) is 3.18. The third kappa shape index (κ3) is 2.20. The topological polar surface area (TPSA) is 33.5 Å². The van der Waals surface area contributed by atoms with Gasteiger partial charge in [-0.05, 0) is 41.4 Å². The van der Waals surface area contributed by atoms with Gasteiger partial charge in [-0.2, -0.15) is 11.3 Å². The molecule has 1 aliphatic heterocycles. The number of carbonyl (C=O) groups excluding carboxylic acids is 1. The molecule has 2 aromatic heterocycles. The minimum absolute atomic E-state index is 0.133. The van der Waals surface area contributed by atoms with Crippen LogP contribution in [0, 0.1) is 6.92 Å². The zero-order chi connectivity index (χ0) is 12.5. The van der Waals surface area contributed by atoms with Crippen molar-refractivity contribution in [3.8, 4) is 0 Å². The summed E-state index contributed by atoms with van der Waals surface area (Å²) in [6.07, 6.45) is 0. The summed E-state index contributed by atoms with van der Waals surface area (Å²) >= 11 is 3.35. The van der Waals surface area contributed by atoms with Crippen molar-refractivity contribution in [3.05, 3.63) is 46.0 Å². The number of furan rings is 1.